The third-order valence-electron chi connectivity index (χ3n) is 0. The minimum Gasteiger partial charge on any atom is -0.307 e. The second-order valence-corrected chi connectivity index (χ2v) is 0. The molecule has 0 unspecified atom stereocenters. The smallest absolute Gasteiger partial charge is 0.106 e. The molecule has 0 aromatic carbocycles. The number of rotatable bonds is 0. The molecule has 9 heavy (non-hydrogen) atoms. The Morgan fingerprint density at radius 1 is 0.444 bits per heavy atom. The van der Waals surface area contributed by atoms with Crippen LogP contribution in [-0.2, 0) is 41.6 Å². The molecule has 0 bridgehead atoms. The van der Waals surface area contributed by atoms with Crippen molar-refractivity contribution < 1.29 is 41.6 Å². The van der Waals surface area contributed by atoms with Crippen molar-refractivity contribution in [1.29, 1.82) is 0 Å². The summed E-state index contributed by atoms with van der Waals surface area (Å²) in [6, 6.07) is 0. The Balaban J connectivity index is -0.00000000762. The van der Waals surface area contributed by atoms with Gasteiger partial charge < -0.3 is 19.2 Å². The standard InChI is InChI=1S/4CH2O.Ta/c4*1-2;/h4*1H2;. The van der Waals surface area contributed by atoms with Crippen molar-refractivity contribution >= 4 is 27.2 Å². The molecule has 0 saturated heterocycles. The molecule has 0 aromatic heterocycles. The number of hydrogen-bond donors (Lipinski definition) is 0. The fourth-order valence-corrected chi connectivity index (χ4v) is 0. The first kappa shape index (κ1) is 39.6. The molecule has 0 fully saturated rings. The predicted molar refractivity (Wildman–Crippen MR) is 28.5 cm³/mol. The van der Waals surface area contributed by atoms with Gasteiger partial charge in [-0.05, 0) is 0 Å². The van der Waals surface area contributed by atoms with Crippen LogP contribution in [0, 0.1) is 0 Å². The monoisotopic (exact) mass is 301 g/mol. The van der Waals surface area contributed by atoms with E-state index in [1.807, 2.05) is 27.2 Å². The van der Waals surface area contributed by atoms with Gasteiger partial charge in [-0.3, -0.25) is 0 Å². The maximum absolute atomic E-state index is 8.00. The molecule has 0 aliphatic rings. The second kappa shape index (κ2) is 910. The largest absolute Gasteiger partial charge is 0.307 e. The number of carbonyl (C=O) groups is 4. The molecule has 1 radical (unpaired) electrons. The normalized spacial score (nSPS) is 1.78. The topological polar surface area (TPSA) is 68.3 Å². The molecule has 53 valence electrons. The molecule has 0 aliphatic heterocycles. The van der Waals surface area contributed by atoms with E-state index in [-0.39, 0.29) is 22.4 Å². The van der Waals surface area contributed by atoms with E-state index < -0.39 is 0 Å². The van der Waals surface area contributed by atoms with Gasteiger partial charge in [0.1, 0.15) is 27.2 Å². The zero-order chi connectivity index (χ0) is 8.00. The maximum Gasteiger partial charge on any atom is 0.106 e. The van der Waals surface area contributed by atoms with Crippen LogP contribution in [0.15, 0.2) is 0 Å². The van der Waals surface area contributed by atoms with E-state index in [0.717, 1.165) is 0 Å². The van der Waals surface area contributed by atoms with Crippen LogP contribution >= 0.6 is 0 Å². The molecule has 0 heterocycles. The van der Waals surface area contributed by atoms with Crippen LogP contribution in [0.4, 0.5) is 0 Å². The molecular weight excluding hydrogens is 293 g/mol. The first-order valence-corrected chi connectivity index (χ1v) is 1.15. The summed E-state index contributed by atoms with van der Waals surface area (Å²) in [5, 5.41) is 0. The SMILES string of the molecule is C=O.C=O.C=O.C=O.[Ta]. The van der Waals surface area contributed by atoms with Crippen LogP contribution in [0.5, 0.6) is 0 Å². The Morgan fingerprint density at radius 3 is 0.444 bits per heavy atom. The van der Waals surface area contributed by atoms with E-state index in [2.05, 4.69) is 0 Å². The fourth-order valence-electron chi connectivity index (χ4n) is 0. The second-order valence-electron chi connectivity index (χ2n) is 0. The summed E-state index contributed by atoms with van der Waals surface area (Å²) in [5.41, 5.74) is 0. The minimum atomic E-state index is 0. The van der Waals surface area contributed by atoms with E-state index >= 15 is 0 Å². The number of carbonyl (C=O) groups excluding carboxylic acids is 4. The number of hydrogen-bond acceptors (Lipinski definition) is 4. The fraction of sp³-hybridized carbons (Fsp3) is 0. The Kier molecular flexibility index (Phi) is 4010. The zero-order valence-electron chi connectivity index (χ0n) is 4.91. The van der Waals surface area contributed by atoms with Gasteiger partial charge in [0, 0.05) is 22.4 Å². The van der Waals surface area contributed by atoms with Crippen molar-refractivity contribution in [2.45, 2.75) is 0 Å². The Hall–Kier alpha value is -0.580. The molecule has 0 aromatic rings. The van der Waals surface area contributed by atoms with Gasteiger partial charge in [-0.2, -0.15) is 0 Å². The average molecular weight is 301 g/mol. The van der Waals surface area contributed by atoms with E-state index in [1.165, 1.54) is 0 Å². The quantitative estimate of drug-likeness (QED) is 0.591. The molecular formula is C4H8O4Ta. The third kappa shape index (κ3) is 649. The van der Waals surface area contributed by atoms with Crippen molar-refractivity contribution in [3.8, 4) is 0 Å². The Morgan fingerprint density at radius 2 is 0.444 bits per heavy atom. The zero-order valence-corrected chi connectivity index (χ0v) is 8.12. The summed E-state index contributed by atoms with van der Waals surface area (Å²) in [7, 11) is 0. The maximum atomic E-state index is 8.00. The van der Waals surface area contributed by atoms with Crippen molar-refractivity contribution in [3.63, 3.8) is 0 Å². The van der Waals surface area contributed by atoms with Gasteiger partial charge in [-0.15, -0.1) is 0 Å². The van der Waals surface area contributed by atoms with Gasteiger partial charge in [-0.1, -0.05) is 0 Å². The van der Waals surface area contributed by atoms with Crippen molar-refractivity contribution in [2.75, 3.05) is 0 Å². The summed E-state index contributed by atoms with van der Waals surface area (Å²) in [6.07, 6.45) is 0. The minimum absolute atomic E-state index is 0. The van der Waals surface area contributed by atoms with Crippen LogP contribution in [0.1, 0.15) is 0 Å². The van der Waals surface area contributed by atoms with E-state index in [0.29, 0.717) is 0 Å². The van der Waals surface area contributed by atoms with Crippen LogP contribution < -0.4 is 0 Å². The van der Waals surface area contributed by atoms with Crippen LogP contribution in [-0.4, -0.2) is 27.2 Å². The Labute approximate surface area is 69.1 Å². The van der Waals surface area contributed by atoms with E-state index in [1.54, 1.807) is 0 Å². The van der Waals surface area contributed by atoms with Gasteiger partial charge in [0.15, 0.2) is 0 Å². The van der Waals surface area contributed by atoms with Gasteiger partial charge in [0.2, 0.25) is 0 Å². The van der Waals surface area contributed by atoms with Gasteiger partial charge >= 0.3 is 0 Å². The van der Waals surface area contributed by atoms with Gasteiger partial charge in [0.05, 0.1) is 0 Å². The third-order valence-corrected chi connectivity index (χ3v) is 0. The molecule has 5 heteroatoms. The van der Waals surface area contributed by atoms with Crippen LogP contribution in [0.2, 0.25) is 0 Å². The first-order chi connectivity index (χ1) is 4.00. The molecule has 0 amide bonds. The molecule has 0 atom stereocenters. The molecule has 4 nitrogen and oxygen atoms in total. The van der Waals surface area contributed by atoms with E-state index in [4.69, 9.17) is 19.2 Å². The van der Waals surface area contributed by atoms with Crippen molar-refractivity contribution in [1.82, 2.24) is 0 Å². The Bertz CT molecular complexity index is 20.5. The summed E-state index contributed by atoms with van der Waals surface area (Å²) >= 11 is 0. The van der Waals surface area contributed by atoms with E-state index in [9.17, 15) is 0 Å². The summed E-state index contributed by atoms with van der Waals surface area (Å²) in [4.78, 5) is 32.0. The average Bonchev–Trinajstić information content (AvgIpc) is 2.03. The first-order valence-electron chi connectivity index (χ1n) is 1.15. The van der Waals surface area contributed by atoms with Gasteiger partial charge in [0.25, 0.3) is 0 Å². The molecule has 0 spiro atoms. The molecule has 0 N–H and O–H groups in total. The van der Waals surface area contributed by atoms with Gasteiger partial charge in [-0.25, -0.2) is 0 Å². The predicted octanol–water partition coefficient (Wildman–Crippen LogP) is -0.742. The van der Waals surface area contributed by atoms with Crippen LogP contribution in [0.25, 0.3) is 0 Å². The molecule has 0 rings (SSSR count). The van der Waals surface area contributed by atoms with Crippen LogP contribution in [0.3, 0.4) is 0 Å². The van der Waals surface area contributed by atoms with Crippen molar-refractivity contribution in [2.24, 2.45) is 0 Å². The summed E-state index contributed by atoms with van der Waals surface area (Å²) < 4.78 is 0. The van der Waals surface area contributed by atoms with Crippen molar-refractivity contribution in [3.05, 3.63) is 0 Å². The summed E-state index contributed by atoms with van der Waals surface area (Å²) in [5.74, 6) is 0. The summed E-state index contributed by atoms with van der Waals surface area (Å²) in [6.45, 7) is 8.00. The molecule has 0 aliphatic carbocycles. The molecule has 0 saturated carbocycles.